The Bertz CT molecular complexity index is 1230. The molecule has 182 valence electrons. The van der Waals surface area contributed by atoms with Crippen molar-refractivity contribution in [3.8, 4) is 6.07 Å². The molecule has 2 aromatic carbocycles. The second-order valence-electron chi connectivity index (χ2n) is 7.57. The van der Waals surface area contributed by atoms with Gasteiger partial charge in [0, 0.05) is 5.70 Å². The minimum Gasteiger partial charge on any atom is -0.466 e. The highest BCUT2D eigenvalue weighted by molar-refractivity contribution is 6.03. The Labute approximate surface area is 198 Å². The normalized spacial score (nSPS) is 16.8. The van der Waals surface area contributed by atoms with E-state index in [0.29, 0.717) is 11.1 Å². The smallest absolute Gasteiger partial charge is 0.416 e. The van der Waals surface area contributed by atoms with E-state index in [0.717, 1.165) is 30.2 Å². The van der Waals surface area contributed by atoms with Crippen molar-refractivity contribution in [3.05, 3.63) is 76.5 Å². The highest BCUT2D eigenvalue weighted by atomic mass is 19.4. The quantitative estimate of drug-likeness (QED) is 0.633. The number of esters is 2. The fraction of sp³-hybridized carbons (Fsp3) is 0.250. The highest BCUT2D eigenvalue weighted by Gasteiger charge is 2.39. The van der Waals surface area contributed by atoms with Crippen molar-refractivity contribution in [2.75, 3.05) is 12.0 Å². The summed E-state index contributed by atoms with van der Waals surface area (Å²) in [6.07, 6.45) is -5.93. The fourth-order valence-electron chi connectivity index (χ4n) is 3.58. The number of anilines is 1. The molecule has 35 heavy (non-hydrogen) atoms. The SMILES string of the molecule is COC(=O)[C@H](C)OC(=O)C1=C(C)N(c2cccc(C(F)(F)F)c2)C(=O)NC1c1ccc(C#N)cc1. The van der Waals surface area contributed by atoms with Crippen LogP contribution >= 0.6 is 0 Å². The van der Waals surface area contributed by atoms with Gasteiger partial charge in [0.25, 0.3) is 0 Å². The zero-order valence-electron chi connectivity index (χ0n) is 18.8. The van der Waals surface area contributed by atoms with Gasteiger partial charge in [-0.15, -0.1) is 0 Å². The van der Waals surface area contributed by atoms with Gasteiger partial charge in [-0.2, -0.15) is 18.4 Å². The summed E-state index contributed by atoms with van der Waals surface area (Å²) in [6.45, 7) is 2.68. The monoisotopic (exact) mass is 487 g/mol. The number of urea groups is 1. The van der Waals surface area contributed by atoms with Crippen LogP contribution in [-0.2, 0) is 25.2 Å². The van der Waals surface area contributed by atoms with Crippen LogP contribution in [0.2, 0.25) is 0 Å². The minimum atomic E-state index is -4.65. The van der Waals surface area contributed by atoms with Gasteiger partial charge in [0.05, 0.1) is 41.6 Å². The van der Waals surface area contributed by atoms with Crippen LogP contribution in [-0.4, -0.2) is 31.2 Å². The second-order valence-corrected chi connectivity index (χ2v) is 7.57. The number of nitrogens with one attached hydrogen (secondary N) is 1. The number of methoxy groups -OCH3 is 1. The first-order valence-corrected chi connectivity index (χ1v) is 10.3. The van der Waals surface area contributed by atoms with Crippen LogP contribution in [0.1, 0.15) is 36.6 Å². The molecule has 0 radical (unpaired) electrons. The van der Waals surface area contributed by atoms with Crippen LogP contribution < -0.4 is 10.2 Å². The summed E-state index contributed by atoms with van der Waals surface area (Å²) in [7, 11) is 1.12. The molecule has 1 heterocycles. The number of hydrogen-bond acceptors (Lipinski definition) is 6. The Hall–Kier alpha value is -4.33. The molecule has 1 aliphatic heterocycles. The fourth-order valence-corrected chi connectivity index (χ4v) is 3.58. The lowest BCUT2D eigenvalue weighted by Gasteiger charge is -2.35. The van der Waals surface area contributed by atoms with E-state index in [1.165, 1.54) is 44.2 Å². The van der Waals surface area contributed by atoms with Crippen LogP contribution in [0.5, 0.6) is 0 Å². The van der Waals surface area contributed by atoms with E-state index in [2.05, 4.69) is 10.1 Å². The standard InChI is InChI=1S/C24H20F3N3O5/c1-13-19(22(32)35-14(2)21(31)34-3)20(16-9-7-15(12-28)8-10-16)29-23(33)30(13)18-6-4-5-17(11-18)24(25,26)27/h4-11,14,20H,1-3H3,(H,29,33)/t14-,20?/m0/s1. The zero-order valence-corrected chi connectivity index (χ0v) is 18.8. The number of halogens is 3. The molecule has 8 nitrogen and oxygen atoms in total. The van der Waals surface area contributed by atoms with Gasteiger partial charge in [0.15, 0.2) is 6.10 Å². The summed E-state index contributed by atoms with van der Waals surface area (Å²) in [5.74, 6) is -1.80. The number of allylic oxidation sites excluding steroid dienone is 1. The average molecular weight is 487 g/mol. The van der Waals surface area contributed by atoms with Crippen LogP contribution in [0.3, 0.4) is 0 Å². The molecule has 0 bridgehead atoms. The first-order chi connectivity index (χ1) is 16.5. The number of hydrogen-bond donors (Lipinski definition) is 1. The third-order valence-corrected chi connectivity index (χ3v) is 5.33. The Kier molecular flexibility index (Phi) is 7.14. The maximum absolute atomic E-state index is 13.3. The predicted molar refractivity (Wildman–Crippen MR) is 117 cm³/mol. The number of carbonyl (C=O) groups excluding carboxylic acids is 3. The van der Waals surface area contributed by atoms with Crippen LogP contribution in [0.25, 0.3) is 0 Å². The molecule has 11 heteroatoms. The molecule has 0 aliphatic carbocycles. The zero-order chi connectivity index (χ0) is 25.9. The number of alkyl halides is 3. The first kappa shape index (κ1) is 25.3. The molecule has 1 aliphatic rings. The molecule has 1 unspecified atom stereocenters. The molecule has 0 fully saturated rings. The topological polar surface area (TPSA) is 109 Å². The van der Waals surface area contributed by atoms with E-state index in [-0.39, 0.29) is 17.0 Å². The van der Waals surface area contributed by atoms with Crippen LogP contribution in [0, 0.1) is 11.3 Å². The van der Waals surface area contributed by atoms with Crippen LogP contribution in [0.15, 0.2) is 59.8 Å². The molecule has 0 spiro atoms. The largest absolute Gasteiger partial charge is 0.466 e. The van der Waals surface area contributed by atoms with Crippen molar-refractivity contribution in [2.24, 2.45) is 0 Å². The number of nitrogens with zero attached hydrogens (tertiary/aromatic N) is 2. The summed E-state index contributed by atoms with van der Waals surface area (Å²) in [4.78, 5) is 38.9. The molecule has 0 saturated heterocycles. The Morgan fingerprint density at radius 3 is 2.40 bits per heavy atom. The number of amides is 2. The van der Waals surface area contributed by atoms with E-state index in [1.807, 2.05) is 6.07 Å². The maximum Gasteiger partial charge on any atom is 0.416 e. The Balaban J connectivity index is 2.13. The third kappa shape index (κ3) is 5.27. The summed E-state index contributed by atoms with van der Waals surface area (Å²) in [5, 5.41) is 11.6. The van der Waals surface area contributed by atoms with Gasteiger partial charge < -0.3 is 14.8 Å². The van der Waals surface area contributed by atoms with Crippen molar-refractivity contribution in [3.63, 3.8) is 0 Å². The summed E-state index contributed by atoms with van der Waals surface area (Å²) in [5.41, 5.74) is -0.455. The third-order valence-electron chi connectivity index (χ3n) is 5.33. The van der Waals surface area contributed by atoms with Crippen molar-refractivity contribution >= 4 is 23.7 Å². The van der Waals surface area contributed by atoms with E-state index in [4.69, 9.17) is 10.00 Å². The van der Waals surface area contributed by atoms with Gasteiger partial charge in [0.2, 0.25) is 0 Å². The molecule has 3 rings (SSSR count). The van der Waals surface area contributed by atoms with Gasteiger partial charge in [-0.25, -0.2) is 14.4 Å². The van der Waals surface area contributed by atoms with E-state index in [9.17, 15) is 27.6 Å². The molecule has 1 N–H and O–H groups in total. The van der Waals surface area contributed by atoms with Crippen molar-refractivity contribution in [2.45, 2.75) is 32.2 Å². The van der Waals surface area contributed by atoms with E-state index in [1.54, 1.807) is 0 Å². The van der Waals surface area contributed by atoms with Gasteiger partial charge in [-0.05, 0) is 49.7 Å². The molecule has 2 amide bonds. The van der Waals surface area contributed by atoms with Gasteiger partial charge in [0.1, 0.15) is 0 Å². The molecular weight excluding hydrogens is 467 g/mol. The maximum atomic E-state index is 13.3. The number of rotatable bonds is 5. The summed E-state index contributed by atoms with van der Waals surface area (Å²) in [6, 6.07) is 10.2. The number of nitriles is 1. The Morgan fingerprint density at radius 2 is 1.83 bits per heavy atom. The molecule has 2 aromatic rings. The Morgan fingerprint density at radius 1 is 1.17 bits per heavy atom. The number of ether oxygens (including phenoxy) is 2. The molecular formula is C24H20F3N3O5. The predicted octanol–water partition coefficient (Wildman–Crippen LogP) is 4.23. The van der Waals surface area contributed by atoms with E-state index < -0.39 is 41.9 Å². The van der Waals surface area contributed by atoms with Crippen molar-refractivity contribution in [1.82, 2.24) is 5.32 Å². The van der Waals surface area contributed by atoms with Crippen LogP contribution in [0.4, 0.5) is 23.7 Å². The van der Waals surface area contributed by atoms with Crippen molar-refractivity contribution in [1.29, 1.82) is 5.26 Å². The minimum absolute atomic E-state index is 0.00417. The van der Waals surface area contributed by atoms with Crippen molar-refractivity contribution < 1.29 is 37.0 Å². The first-order valence-electron chi connectivity index (χ1n) is 10.3. The lowest BCUT2D eigenvalue weighted by atomic mass is 9.94. The number of benzene rings is 2. The van der Waals surface area contributed by atoms with Gasteiger partial charge >= 0.3 is 24.1 Å². The lowest BCUT2D eigenvalue weighted by molar-refractivity contribution is -0.162. The average Bonchev–Trinajstić information content (AvgIpc) is 2.82. The summed E-state index contributed by atoms with van der Waals surface area (Å²) >= 11 is 0. The summed E-state index contributed by atoms with van der Waals surface area (Å²) < 4.78 is 49.6. The molecule has 0 saturated carbocycles. The highest BCUT2D eigenvalue weighted by Crippen LogP contribution is 2.37. The van der Waals surface area contributed by atoms with E-state index >= 15 is 0 Å². The number of carbonyl (C=O) groups is 3. The molecule has 0 aromatic heterocycles. The van der Waals surface area contributed by atoms with Gasteiger partial charge in [-0.3, -0.25) is 4.90 Å². The lowest BCUT2D eigenvalue weighted by Crippen LogP contribution is -2.48. The second kappa shape index (κ2) is 9.89. The molecule has 2 atom stereocenters. The van der Waals surface area contributed by atoms with Gasteiger partial charge in [-0.1, -0.05) is 18.2 Å².